The lowest BCUT2D eigenvalue weighted by Crippen LogP contribution is -2.56. The zero-order valence-electron chi connectivity index (χ0n) is 50.9. The molecule has 0 aromatic heterocycles. The van der Waals surface area contributed by atoms with Crippen molar-refractivity contribution >= 4 is 29.8 Å². The Morgan fingerprint density at radius 3 is 1.22 bits per heavy atom. The van der Waals surface area contributed by atoms with Crippen LogP contribution in [0.25, 0.3) is 0 Å². The van der Waals surface area contributed by atoms with Gasteiger partial charge in [0.15, 0.2) is 0 Å². The molecular weight excluding hydrogens is 965 g/mol. The first-order valence-electron chi connectivity index (χ1n) is 30.3. The van der Waals surface area contributed by atoms with Crippen LogP contribution in [0.3, 0.4) is 0 Å². The molecule has 9 aliphatic carbocycles. The maximum atomic E-state index is 11.8. The van der Waals surface area contributed by atoms with E-state index in [4.69, 9.17) is 14.2 Å². The molecule has 0 radical (unpaired) electrons. The van der Waals surface area contributed by atoms with Gasteiger partial charge in [0.05, 0.1) is 13.2 Å². The molecule has 9 saturated carbocycles. The fourth-order valence-electron chi connectivity index (χ4n) is 15.4. The van der Waals surface area contributed by atoms with Crippen molar-refractivity contribution in [1.82, 2.24) is 0 Å². The molecule has 10 nitrogen and oxygen atoms in total. The van der Waals surface area contributed by atoms with Crippen LogP contribution >= 0.6 is 0 Å². The summed E-state index contributed by atoms with van der Waals surface area (Å²) in [6, 6.07) is 0. The van der Waals surface area contributed by atoms with Crippen molar-refractivity contribution < 1.29 is 47.7 Å². The van der Waals surface area contributed by atoms with Crippen molar-refractivity contribution in [2.45, 2.75) is 243 Å². The predicted molar refractivity (Wildman–Crippen MR) is 310 cm³/mol. The van der Waals surface area contributed by atoms with Gasteiger partial charge in [-0.1, -0.05) is 93.7 Å². The summed E-state index contributed by atoms with van der Waals surface area (Å²) in [5.74, 6) is 8.65. The lowest BCUT2D eigenvalue weighted by molar-refractivity contribution is -0.182. The van der Waals surface area contributed by atoms with Crippen molar-refractivity contribution in [3.8, 4) is 0 Å². The van der Waals surface area contributed by atoms with Crippen LogP contribution in [0.4, 0.5) is 0 Å². The number of rotatable bonds is 10. The van der Waals surface area contributed by atoms with Gasteiger partial charge in [-0.25, -0.2) is 24.0 Å². The molecule has 0 heterocycles. The van der Waals surface area contributed by atoms with Gasteiger partial charge in [-0.2, -0.15) is 0 Å². The summed E-state index contributed by atoms with van der Waals surface area (Å²) in [7, 11) is 0. The standard InChI is InChI=1S/C16H26O2.C15H22O2.C14H24O2.C10H16.2C6H10O2/c1-11(2)14(17)18-13-9-8-12-7-6-10-16(13,5)15(12,3)4;1-9(2)15(16)17-12-7-10-6-11(8-12)14-5-3-4-13(10)14;1-10(2)13(15)16-12-8-6-11(7-9-12)14(3,4)5;1-2-9-7-4-5-8(6-7)10(9)3-1;2*1-4-8-6(7)5(2)3/h12-13H,1,6-10H2,2-5H3;10-14H,1,3-8H2,2H3;11-12H,1,6-9H2,2-5H3;7-10H,1-6H2;2*2,4H2,1,3H3. The number of hydrogen-bond donors (Lipinski definition) is 0. The van der Waals surface area contributed by atoms with Crippen molar-refractivity contribution in [1.29, 1.82) is 0 Å². The molecule has 9 rings (SSSR count). The SMILES string of the molecule is C1CC2C3CCC(C3)C2C1.C=C(C)C(=O)OC1CC2CC(C1)C1CCCC21.C=C(C)C(=O)OC1CCC(C(C)(C)C)CC1.C=C(C)C(=O)OC1CCC2CCCC1(C)C2(C)C.C=C(C)C(=O)OCC.C=C(C)C(=O)OCC. The highest BCUT2D eigenvalue weighted by Crippen LogP contribution is 2.62. The van der Waals surface area contributed by atoms with Crippen LogP contribution in [0.2, 0.25) is 0 Å². The Morgan fingerprint density at radius 1 is 0.442 bits per heavy atom. The highest BCUT2D eigenvalue weighted by Gasteiger charge is 2.57. The molecule has 0 spiro atoms. The molecule has 0 aliphatic heterocycles. The Balaban J connectivity index is 0.000000205. The second-order valence-corrected chi connectivity index (χ2v) is 26.9. The third kappa shape index (κ3) is 18.0. The topological polar surface area (TPSA) is 132 Å². The van der Waals surface area contributed by atoms with Crippen LogP contribution in [0.1, 0.15) is 225 Å². The van der Waals surface area contributed by atoms with E-state index in [0.29, 0.717) is 46.5 Å². The van der Waals surface area contributed by atoms with Gasteiger partial charge in [-0.05, 0) is 234 Å². The molecule has 11 atom stereocenters. The Bertz CT molecular complexity index is 2000. The quantitative estimate of drug-likeness (QED) is 0.118. The number of ether oxygens (including phenoxy) is 5. The van der Waals surface area contributed by atoms with Crippen LogP contribution in [-0.4, -0.2) is 61.4 Å². The first-order valence-corrected chi connectivity index (χ1v) is 30.3. The van der Waals surface area contributed by atoms with Gasteiger partial charge < -0.3 is 23.7 Å². The van der Waals surface area contributed by atoms with E-state index >= 15 is 0 Å². The van der Waals surface area contributed by atoms with E-state index in [1.54, 1.807) is 87.0 Å². The summed E-state index contributed by atoms with van der Waals surface area (Å²) >= 11 is 0. The number of esters is 5. The van der Waals surface area contributed by atoms with Gasteiger partial charge in [-0.15, -0.1) is 0 Å². The zero-order chi connectivity index (χ0) is 57.6. The molecule has 0 amide bonds. The Labute approximate surface area is 468 Å². The highest BCUT2D eigenvalue weighted by molar-refractivity contribution is 5.88. The summed E-state index contributed by atoms with van der Waals surface area (Å²) in [5, 5.41) is 0. The van der Waals surface area contributed by atoms with E-state index in [0.717, 1.165) is 80.5 Å². The normalized spacial score (nSPS) is 33.1. The van der Waals surface area contributed by atoms with E-state index in [1.807, 2.05) is 0 Å². The third-order valence-corrected chi connectivity index (χ3v) is 20.1. The van der Waals surface area contributed by atoms with Gasteiger partial charge in [0, 0.05) is 33.3 Å². The molecular formula is C67H108O10. The van der Waals surface area contributed by atoms with Gasteiger partial charge in [0.1, 0.15) is 18.3 Å². The average molecular weight is 1070 g/mol. The fraction of sp³-hybridized carbons (Fsp3) is 0.776. The van der Waals surface area contributed by atoms with Crippen LogP contribution in [-0.2, 0) is 47.7 Å². The first-order chi connectivity index (χ1) is 36.0. The summed E-state index contributed by atoms with van der Waals surface area (Å²) in [4.78, 5) is 55.6. The van der Waals surface area contributed by atoms with Crippen molar-refractivity contribution in [3.63, 3.8) is 0 Å². The molecule has 77 heavy (non-hydrogen) atoms. The highest BCUT2D eigenvalue weighted by atomic mass is 16.6. The lowest BCUT2D eigenvalue weighted by Gasteiger charge is -2.59. The molecule has 0 aromatic rings. The second-order valence-electron chi connectivity index (χ2n) is 26.9. The van der Waals surface area contributed by atoms with E-state index in [-0.39, 0.29) is 59.0 Å². The summed E-state index contributed by atoms with van der Waals surface area (Å²) in [6.45, 7) is 44.4. The molecule has 9 fully saturated rings. The largest absolute Gasteiger partial charge is 0.463 e. The third-order valence-electron chi connectivity index (χ3n) is 20.1. The maximum absolute atomic E-state index is 11.8. The molecule has 11 unspecified atom stereocenters. The van der Waals surface area contributed by atoms with Crippen molar-refractivity contribution in [2.75, 3.05) is 13.2 Å². The van der Waals surface area contributed by atoms with Crippen LogP contribution in [0.5, 0.6) is 0 Å². The van der Waals surface area contributed by atoms with Crippen LogP contribution in [0.15, 0.2) is 60.8 Å². The molecule has 9 aliphatic rings. The van der Waals surface area contributed by atoms with E-state index in [2.05, 4.69) is 83.9 Å². The Morgan fingerprint density at radius 2 is 0.831 bits per heavy atom. The van der Waals surface area contributed by atoms with E-state index in [9.17, 15) is 24.0 Å². The first kappa shape index (κ1) is 65.6. The monoisotopic (exact) mass is 1070 g/mol. The molecule has 0 saturated heterocycles. The number of carbonyl (C=O) groups excluding carboxylic acids is 5. The summed E-state index contributed by atoms with van der Waals surface area (Å²) in [6.07, 6.45) is 28.1. The zero-order valence-corrected chi connectivity index (χ0v) is 50.9. The lowest BCUT2D eigenvalue weighted by atomic mass is 9.47. The minimum atomic E-state index is -0.312. The number of fused-ring (bicyclic) bond motifs is 12. The second kappa shape index (κ2) is 29.5. The maximum Gasteiger partial charge on any atom is 0.333 e. The Hall–Kier alpha value is -3.95. The Kier molecular flexibility index (Phi) is 25.1. The average Bonchev–Trinajstić information content (AvgIpc) is 4.22. The number of carbonyl (C=O) groups is 5. The van der Waals surface area contributed by atoms with Crippen molar-refractivity contribution in [2.24, 2.45) is 75.4 Å². The molecule has 6 bridgehead atoms. The predicted octanol–water partition coefficient (Wildman–Crippen LogP) is 16.2. The van der Waals surface area contributed by atoms with Crippen LogP contribution < -0.4 is 0 Å². The van der Waals surface area contributed by atoms with E-state index < -0.39 is 0 Å². The summed E-state index contributed by atoms with van der Waals surface area (Å²) < 4.78 is 25.8. The summed E-state index contributed by atoms with van der Waals surface area (Å²) in [5.41, 5.74) is 3.21. The molecule has 436 valence electrons. The van der Waals surface area contributed by atoms with Crippen molar-refractivity contribution in [3.05, 3.63) is 60.8 Å². The smallest absolute Gasteiger partial charge is 0.333 e. The van der Waals surface area contributed by atoms with Crippen LogP contribution in [0, 0.1) is 75.4 Å². The van der Waals surface area contributed by atoms with E-state index in [1.165, 1.54) is 75.0 Å². The van der Waals surface area contributed by atoms with Gasteiger partial charge >= 0.3 is 29.8 Å². The molecule has 0 aromatic carbocycles. The molecule has 0 N–H and O–H groups in total. The molecule has 10 heteroatoms. The number of hydrogen-bond acceptors (Lipinski definition) is 10. The van der Waals surface area contributed by atoms with Gasteiger partial charge in [0.25, 0.3) is 0 Å². The van der Waals surface area contributed by atoms with Gasteiger partial charge in [0.2, 0.25) is 0 Å². The van der Waals surface area contributed by atoms with Gasteiger partial charge in [-0.3, -0.25) is 0 Å². The fourth-order valence-corrected chi connectivity index (χ4v) is 15.4. The minimum Gasteiger partial charge on any atom is -0.463 e. The minimum absolute atomic E-state index is 0.0632.